The lowest BCUT2D eigenvalue weighted by Gasteiger charge is -2.34. The Morgan fingerprint density at radius 3 is 2.61 bits per heavy atom. The summed E-state index contributed by atoms with van der Waals surface area (Å²) >= 11 is 0. The summed E-state index contributed by atoms with van der Waals surface area (Å²) in [4.78, 5) is 12.1. The third-order valence-electron chi connectivity index (χ3n) is 3.80. The fourth-order valence-corrected chi connectivity index (χ4v) is 2.71. The van der Waals surface area contributed by atoms with Crippen molar-refractivity contribution in [3.8, 4) is 0 Å². The normalized spacial score (nSPS) is 18.3. The molecule has 1 amide bonds. The van der Waals surface area contributed by atoms with Crippen molar-refractivity contribution in [2.24, 2.45) is 0 Å². The summed E-state index contributed by atoms with van der Waals surface area (Å²) < 4.78 is 0. The van der Waals surface area contributed by atoms with Gasteiger partial charge < -0.3 is 11.1 Å². The smallest absolute Gasteiger partial charge is 0.224 e. The van der Waals surface area contributed by atoms with Crippen molar-refractivity contribution in [2.45, 2.75) is 51.0 Å². The van der Waals surface area contributed by atoms with Crippen LogP contribution >= 0.6 is 0 Å². The van der Waals surface area contributed by atoms with Gasteiger partial charge >= 0.3 is 0 Å². The number of anilines is 1. The van der Waals surface area contributed by atoms with E-state index in [2.05, 4.69) is 12.2 Å². The Labute approximate surface area is 109 Å². The predicted molar refractivity (Wildman–Crippen MR) is 74.2 cm³/mol. The predicted octanol–water partition coefficient (Wildman–Crippen LogP) is 2.65. The zero-order valence-electron chi connectivity index (χ0n) is 11.0. The first-order valence-electron chi connectivity index (χ1n) is 6.73. The third-order valence-corrected chi connectivity index (χ3v) is 3.80. The topological polar surface area (TPSA) is 55.1 Å². The van der Waals surface area contributed by atoms with Crippen molar-refractivity contribution in [3.63, 3.8) is 0 Å². The highest BCUT2D eigenvalue weighted by Gasteiger charge is 2.28. The molecule has 1 aliphatic rings. The van der Waals surface area contributed by atoms with E-state index in [0.29, 0.717) is 12.1 Å². The van der Waals surface area contributed by atoms with Crippen molar-refractivity contribution in [1.82, 2.24) is 5.32 Å². The maximum absolute atomic E-state index is 12.1. The maximum Gasteiger partial charge on any atom is 0.224 e. The van der Waals surface area contributed by atoms with Crippen LogP contribution in [0.1, 0.15) is 44.6 Å². The van der Waals surface area contributed by atoms with E-state index >= 15 is 0 Å². The third kappa shape index (κ3) is 3.25. The summed E-state index contributed by atoms with van der Waals surface area (Å²) in [5.74, 6) is 0.0808. The van der Waals surface area contributed by atoms with E-state index in [1.165, 1.54) is 19.3 Å². The van der Waals surface area contributed by atoms with Gasteiger partial charge in [0.15, 0.2) is 0 Å². The van der Waals surface area contributed by atoms with Crippen LogP contribution in [0.5, 0.6) is 0 Å². The Morgan fingerprint density at radius 1 is 1.28 bits per heavy atom. The lowest BCUT2D eigenvalue weighted by atomic mass is 9.83. The summed E-state index contributed by atoms with van der Waals surface area (Å²) in [6, 6.07) is 7.56. The standard InChI is InChI=1S/C15H22N2O/c1-15(9-5-2-6-10-15)17-14(18)11-12-7-3-4-8-13(12)16/h3-4,7-8H,2,5-6,9-11,16H2,1H3,(H,17,18). The van der Waals surface area contributed by atoms with Gasteiger partial charge in [-0.2, -0.15) is 0 Å². The summed E-state index contributed by atoms with van der Waals surface area (Å²) in [7, 11) is 0. The van der Waals surface area contributed by atoms with Gasteiger partial charge in [0.1, 0.15) is 0 Å². The van der Waals surface area contributed by atoms with E-state index in [4.69, 9.17) is 5.73 Å². The average molecular weight is 246 g/mol. The second-order valence-corrected chi connectivity index (χ2v) is 5.55. The van der Waals surface area contributed by atoms with E-state index < -0.39 is 0 Å². The van der Waals surface area contributed by atoms with Crippen LogP contribution in [0.3, 0.4) is 0 Å². The fourth-order valence-electron chi connectivity index (χ4n) is 2.71. The summed E-state index contributed by atoms with van der Waals surface area (Å²) in [6.45, 7) is 2.15. The van der Waals surface area contributed by atoms with E-state index in [1.807, 2.05) is 24.3 Å². The van der Waals surface area contributed by atoms with Gasteiger partial charge in [-0.15, -0.1) is 0 Å². The number of para-hydroxylation sites is 1. The average Bonchev–Trinajstić information content (AvgIpc) is 2.32. The molecule has 98 valence electrons. The number of amides is 1. The second kappa shape index (κ2) is 5.42. The van der Waals surface area contributed by atoms with Crippen LogP contribution in [-0.2, 0) is 11.2 Å². The molecule has 0 aromatic heterocycles. The van der Waals surface area contributed by atoms with Gasteiger partial charge in [-0.1, -0.05) is 37.5 Å². The lowest BCUT2D eigenvalue weighted by molar-refractivity contribution is -0.122. The van der Waals surface area contributed by atoms with Crippen molar-refractivity contribution >= 4 is 11.6 Å². The molecule has 18 heavy (non-hydrogen) atoms. The van der Waals surface area contributed by atoms with E-state index in [-0.39, 0.29) is 11.4 Å². The first kappa shape index (κ1) is 12.9. The van der Waals surface area contributed by atoms with Crippen LogP contribution in [-0.4, -0.2) is 11.4 Å². The number of rotatable bonds is 3. The Morgan fingerprint density at radius 2 is 1.94 bits per heavy atom. The molecule has 3 N–H and O–H groups in total. The van der Waals surface area contributed by atoms with Crippen LogP contribution in [0.25, 0.3) is 0 Å². The number of benzene rings is 1. The molecule has 0 aliphatic heterocycles. The molecule has 0 saturated heterocycles. The fraction of sp³-hybridized carbons (Fsp3) is 0.533. The highest BCUT2D eigenvalue weighted by molar-refractivity contribution is 5.80. The van der Waals surface area contributed by atoms with Crippen molar-refractivity contribution < 1.29 is 4.79 Å². The Hall–Kier alpha value is -1.51. The van der Waals surface area contributed by atoms with Gasteiger partial charge in [0.25, 0.3) is 0 Å². The molecule has 0 heterocycles. The van der Waals surface area contributed by atoms with Crippen molar-refractivity contribution in [2.75, 3.05) is 5.73 Å². The van der Waals surface area contributed by atoms with Crippen LogP contribution in [0.4, 0.5) is 5.69 Å². The Kier molecular flexibility index (Phi) is 3.90. The van der Waals surface area contributed by atoms with Gasteiger partial charge in [0, 0.05) is 11.2 Å². The molecular weight excluding hydrogens is 224 g/mol. The van der Waals surface area contributed by atoms with Gasteiger partial charge in [0.05, 0.1) is 6.42 Å². The van der Waals surface area contributed by atoms with E-state index in [0.717, 1.165) is 18.4 Å². The minimum absolute atomic E-state index is 0.0150. The van der Waals surface area contributed by atoms with Crippen LogP contribution in [0, 0.1) is 0 Å². The molecule has 1 saturated carbocycles. The molecule has 3 heteroatoms. The summed E-state index contributed by atoms with van der Waals surface area (Å²) in [5, 5.41) is 3.18. The quantitative estimate of drug-likeness (QED) is 0.806. The van der Waals surface area contributed by atoms with E-state index in [9.17, 15) is 4.79 Å². The SMILES string of the molecule is CC1(NC(=O)Cc2ccccc2N)CCCCC1. The highest BCUT2D eigenvalue weighted by atomic mass is 16.1. The molecular formula is C15H22N2O. The first-order valence-corrected chi connectivity index (χ1v) is 6.73. The second-order valence-electron chi connectivity index (χ2n) is 5.55. The monoisotopic (exact) mass is 246 g/mol. The molecule has 1 fully saturated rings. The molecule has 0 bridgehead atoms. The number of carbonyl (C=O) groups excluding carboxylic acids is 1. The minimum atomic E-state index is -0.0150. The molecule has 0 atom stereocenters. The molecule has 1 aromatic carbocycles. The Bertz CT molecular complexity index is 422. The molecule has 0 spiro atoms. The van der Waals surface area contributed by atoms with Crippen molar-refractivity contribution in [3.05, 3.63) is 29.8 Å². The number of nitrogens with one attached hydrogen (secondary N) is 1. The Balaban J connectivity index is 1.94. The van der Waals surface area contributed by atoms with Gasteiger partial charge in [-0.3, -0.25) is 4.79 Å². The van der Waals surface area contributed by atoms with Crippen LogP contribution in [0.15, 0.2) is 24.3 Å². The molecule has 0 unspecified atom stereocenters. The molecule has 2 rings (SSSR count). The zero-order chi connectivity index (χ0) is 13.0. The van der Waals surface area contributed by atoms with Gasteiger partial charge in [-0.25, -0.2) is 0 Å². The number of carbonyl (C=O) groups is 1. The number of hydrogen-bond acceptors (Lipinski definition) is 2. The summed E-state index contributed by atoms with van der Waals surface area (Å²) in [5.41, 5.74) is 7.45. The van der Waals surface area contributed by atoms with E-state index in [1.54, 1.807) is 0 Å². The van der Waals surface area contributed by atoms with Crippen LogP contribution in [0.2, 0.25) is 0 Å². The highest BCUT2D eigenvalue weighted by Crippen LogP contribution is 2.27. The van der Waals surface area contributed by atoms with Crippen molar-refractivity contribution in [1.29, 1.82) is 0 Å². The van der Waals surface area contributed by atoms with Gasteiger partial charge in [0.2, 0.25) is 5.91 Å². The minimum Gasteiger partial charge on any atom is -0.398 e. The lowest BCUT2D eigenvalue weighted by Crippen LogP contribution is -2.47. The van der Waals surface area contributed by atoms with Gasteiger partial charge in [-0.05, 0) is 31.4 Å². The van der Waals surface area contributed by atoms with Crippen LogP contribution < -0.4 is 11.1 Å². The molecule has 0 radical (unpaired) electrons. The number of nitrogen functional groups attached to an aromatic ring is 1. The summed E-state index contributed by atoms with van der Waals surface area (Å²) in [6.07, 6.45) is 6.26. The first-order chi connectivity index (χ1) is 8.59. The number of nitrogens with two attached hydrogens (primary N) is 1. The molecule has 1 aliphatic carbocycles. The molecule has 1 aromatic rings. The maximum atomic E-state index is 12.1. The largest absolute Gasteiger partial charge is 0.398 e. The molecule has 3 nitrogen and oxygen atoms in total. The zero-order valence-corrected chi connectivity index (χ0v) is 11.0. The number of hydrogen-bond donors (Lipinski definition) is 2.